The van der Waals surface area contributed by atoms with Gasteiger partial charge >= 0.3 is 0 Å². The molecule has 4 nitrogen and oxygen atoms in total. The molecule has 4 heterocycles. The second-order valence-corrected chi connectivity index (χ2v) is 6.66. The molecule has 2 aromatic rings. The van der Waals surface area contributed by atoms with Crippen molar-refractivity contribution in [1.82, 2.24) is 9.88 Å². The number of furan rings is 1. The normalized spacial score (nSPS) is 29.9. The van der Waals surface area contributed by atoms with Crippen LogP contribution in [0.15, 0.2) is 28.2 Å². The number of aromatic nitrogens is 1. The Bertz CT molecular complexity index is 566. The fourth-order valence-corrected chi connectivity index (χ4v) is 4.36. The van der Waals surface area contributed by atoms with Crippen LogP contribution in [0.1, 0.15) is 31.4 Å². The monoisotopic (exact) mass is 290 g/mol. The molecule has 2 fully saturated rings. The van der Waals surface area contributed by atoms with E-state index >= 15 is 0 Å². The topological polar surface area (TPSA) is 49.5 Å². The second kappa shape index (κ2) is 4.98. The zero-order valence-corrected chi connectivity index (χ0v) is 12.1. The van der Waals surface area contributed by atoms with Crippen molar-refractivity contribution in [2.75, 3.05) is 0 Å². The van der Waals surface area contributed by atoms with Gasteiger partial charge in [-0.15, -0.1) is 11.3 Å². The fraction of sp³-hybridized carbons (Fsp3) is 0.533. The van der Waals surface area contributed by atoms with E-state index in [9.17, 15) is 5.11 Å². The van der Waals surface area contributed by atoms with E-state index in [4.69, 9.17) is 4.42 Å². The largest absolute Gasteiger partial charge is 0.462 e. The van der Waals surface area contributed by atoms with Crippen LogP contribution in [0.25, 0.3) is 10.8 Å². The highest BCUT2D eigenvalue weighted by Crippen LogP contribution is 2.37. The molecule has 2 bridgehead atoms. The second-order valence-electron chi connectivity index (χ2n) is 5.80. The first-order valence-corrected chi connectivity index (χ1v) is 8.09. The Kier molecular flexibility index (Phi) is 3.13. The molecule has 20 heavy (non-hydrogen) atoms. The zero-order valence-electron chi connectivity index (χ0n) is 11.2. The number of aliphatic hydroxyl groups is 1. The summed E-state index contributed by atoms with van der Waals surface area (Å²) in [7, 11) is 0. The molecule has 5 heteroatoms. The number of fused-ring (bicyclic) bond motifs is 2. The van der Waals surface area contributed by atoms with Gasteiger partial charge in [0.1, 0.15) is 0 Å². The Morgan fingerprint density at radius 3 is 2.85 bits per heavy atom. The van der Waals surface area contributed by atoms with E-state index in [1.54, 1.807) is 17.6 Å². The van der Waals surface area contributed by atoms with E-state index in [0.29, 0.717) is 12.1 Å². The minimum atomic E-state index is -0.0992. The first kappa shape index (κ1) is 12.6. The van der Waals surface area contributed by atoms with Gasteiger partial charge in [-0.1, -0.05) is 0 Å². The Balaban J connectivity index is 1.50. The summed E-state index contributed by atoms with van der Waals surface area (Å²) in [5.41, 5.74) is 1.12. The van der Waals surface area contributed by atoms with E-state index in [-0.39, 0.29) is 6.10 Å². The van der Waals surface area contributed by atoms with Crippen LogP contribution >= 0.6 is 11.3 Å². The summed E-state index contributed by atoms with van der Waals surface area (Å²) in [6.07, 6.45) is 5.87. The lowest BCUT2D eigenvalue weighted by molar-refractivity contribution is 0.0305. The third kappa shape index (κ3) is 2.20. The third-order valence-corrected chi connectivity index (χ3v) is 5.39. The smallest absolute Gasteiger partial charge is 0.162 e. The van der Waals surface area contributed by atoms with Crippen LogP contribution in [0.3, 0.4) is 0 Å². The SMILES string of the molecule is OC1CC2CCC(C1)N2Cc1csc(-c2ccco2)n1. The number of hydrogen-bond donors (Lipinski definition) is 1. The number of piperidine rings is 1. The predicted octanol–water partition coefficient (Wildman–Crippen LogP) is 2.89. The highest BCUT2D eigenvalue weighted by atomic mass is 32.1. The molecule has 0 aromatic carbocycles. The van der Waals surface area contributed by atoms with Crippen molar-refractivity contribution < 1.29 is 9.52 Å². The van der Waals surface area contributed by atoms with E-state index in [1.165, 1.54) is 12.8 Å². The lowest BCUT2D eigenvalue weighted by atomic mass is 10.00. The van der Waals surface area contributed by atoms with Crippen LogP contribution in [-0.2, 0) is 6.54 Å². The molecule has 1 N–H and O–H groups in total. The van der Waals surface area contributed by atoms with Crippen molar-refractivity contribution in [3.8, 4) is 10.8 Å². The maximum Gasteiger partial charge on any atom is 0.162 e. The standard InChI is InChI=1S/C15H18N2O2S/c18-13-6-11-3-4-12(7-13)17(11)8-10-9-20-15(16-10)14-2-1-5-19-14/h1-2,5,9,11-13,18H,3-4,6-8H2. The van der Waals surface area contributed by atoms with Crippen molar-refractivity contribution in [1.29, 1.82) is 0 Å². The molecular weight excluding hydrogens is 272 g/mol. The number of hydrogen-bond acceptors (Lipinski definition) is 5. The van der Waals surface area contributed by atoms with E-state index in [1.807, 2.05) is 12.1 Å². The van der Waals surface area contributed by atoms with Crippen molar-refractivity contribution in [2.45, 2.75) is 50.4 Å². The molecule has 0 aliphatic carbocycles. The van der Waals surface area contributed by atoms with Crippen molar-refractivity contribution in [3.63, 3.8) is 0 Å². The van der Waals surface area contributed by atoms with Crippen LogP contribution in [0, 0.1) is 0 Å². The average Bonchev–Trinajstić information content (AvgIpc) is 3.12. The molecule has 0 saturated carbocycles. The summed E-state index contributed by atoms with van der Waals surface area (Å²) in [6, 6.07) is 4.92. The minimum absolute atomic E-state index is 0.0992. The third-order valence-electron chi connectivity index (χ3n) is 4.49. The van der Waals surface area contributed by atoms with Gasteiger partial charge < -0.3 is 9.52 Å². The molecular formula is C15H18N2O2S. The van der Waals surface area contributed by atoms with Gasteiger partial charge in [0.15, 0.2) is 10.8 Å². The number of thiazole rings is 1. The quantitative estimate of drug-likeness (QED) is 0.944. The number of nitrogens with zero attached hydrogens (tertiary/aromatic N) is 2. The maximum absolute atomic E-state index is 9.85. The van der Waals surface area contributed by atoms with Gasteiger partial charge in [-0.3, -0.25) is 4.90 Å². The predicted molar refractivity (Wildman–Crippen MR) is 77.4 cm³/mol. The first-order valence-electron chi connectivity index (χ1n) is 7.21. The molecule has 2 unspecified atom stereocenters. The average molecular weight is 290 g/mol. The Labute approximate surface area is 122 Å². The van der Waals surface area contributed by atoms with Crippen molar-refractivity contribution >= 4 is 11.3 Å². The van der Waals surface area contributed by atoms with Crippen molar-refractivity contribution in [3.05, 3.63) is 29.5 Å². The Hall–Kier alpha value is -1.17. The first-order chi connectivity index (χ1) is 9.79. The van der Waals surface area contributed by atoms with Crippen LogP contribution in [0.4, 0.5) is 0 Å². The lowest BCUT2D eigenvalue weighted by Crippen LogP contribution is -2.44. The summed E-state index contributed by atoms with van der Waals surface area (Å²) >= 11 is 1.64. The summed E-state index contributed by atoms with van der Waals surface area (Å²) in [5.74, 6) is 0.846. The van der Waals surface area contributed by atoms with E-state index in [0.717, 1.165) is 35.8 Å². The minimum Gasteiger partial charge on any atom is -0.462 e. The van der Waals surface area contributed by atoms with Gasteiger partial charge in [-0.2, -0.15) is 0 Å². The van der Waals surface area contributed by atoms with E-state index < -0.39 is 0 Å². The van der Waals surface area contributed by atoms with Gasteiger partial charge in [0.05, 0.1) is 18.1 Å². The van der Waals surface area contributed by atoms with Gasteiger partial charge in [0.2, 0.25) is 0 Å². The Morgan fingerprint density at radius 1 is 1.35 bits per heavy atom. The zero-order chi connectivity index (χ0) is 13.5. The molecule has 0 radical (unpaired) electrons. The van der Waals surface area contributed by atoms with Gasteiger partial charge in [-0.25, -0.2) is 4.98 Å². The van der Waals surface area contributed by atoms with Crippen LogP contribution in [0.2, 0.25) is 0 Å². The molecule has 106 valence electrons. The summed E-state index contributed by atoms with van der Waals surface area (Å²) < 4.78 is 5.39. The van der Waals surface area contributed by atoms with E-state index in [2.05, 4.69) is 15.3 Å². The summed E-state index contributed by atoms with van der Waals surface area (Å²) in [6.45, 7) is 0.902. The molecule has 2 aliphatic heterocycles. The number of aliphatic hydroxyl groups excluding tert-OH is 1. The maximum atomic E-state index is 9.85. The van der Waals surface area contributed by atoms with Gasteiger partial charge in [0, 0.05) is 24.0 Å². The molecule has 2 saturated heterocycles. The molecule has 0 amide bonds. The molecule has 2 aliphatic rings. The fourth-order valence-electron chi connectivity index (χ4n) is 3.58. The van der Waals surface area contributed by atoms with Crippen LogP contribution in [0.5, 0.6) is 0 Å². The molecule has 0 spiro atoms. The van der Waals surface area contributed by atoms with Crippen LogP contribution in [-0.4, -0.2) is 33.2 Å². The highest BCUT2D eigenvalue weighted by Gasteiger charge is 2.40. The molecule has 2 aromatic heterocycles. The van der Waals surface area contributed by atoms with Gasteiger partial charge in [-0.05, 0) is 37.8 Å². The molecule has 2 atom stereocenters. The van der Waals surface area contributed by atoms with Gasteiger partial charge in [0.25, 0.3) is 0 Å². The molecule has 4 rings (SSSR count). The summed E-state index contributed by atoms with van der Waals surface area (Å²) in [5, 5.41) is 12.9. The Morgan fingerprint density at radius 2 is 2.15 bits per heavy atom. The van der Waals surface area contributed by atoms with Crippen molar-refractivity contribution in [2.24, 2.45) is 0 Å². The highest BCUT2D eigenvalue weighted by molar-refractivity contribution is 7.13. The number of rotatable bonds is 3. The van der Waals surface area contributed by atoms with Crippen LogP contribution < -0.4 is 0 Å². The summed E-state index contributed by atoms with van der Waals surface area (Å²) in [4.78, 5) is 7.22. The lowest BCUT2D eigenvalue weighted by Gasteiger charge is -2.36.